The van der Waals surface area contributed by atoms with Crippen molar-refractivity contribution in [2.45, 2.75) is 89.1 Å². The fourth-order valence-electron chi connectivity index (χ4n) is 3.81. The Morgan fingerprint density at radius 1 is 1.11 bits per heavy atom. The summed E-state index contributed by atoms with van der Waals surface area (Å²) in [6.45, 7) is 2.22. The van der Waals surface area contributed by atoms with Crippen molar-refractivity contribution in [2.24, 2.45) is 5.92 Å². The maximum absolute atomic E-state index is 11.8. The van der Waals surface area contributed by atoms with Gasteiger partial charge in [0.05, 0.1) is 0 Å². The molecule has 19 heavy (non-hydrogen) atoms. The topological polar surface area (TPSA) is 49.3 Å². The Labute approximate surface area is 117 Å². The standard InChI is InChI=1S/C16H29NO2/c1-2-13-9-11-16(12-10-13,15(18)19)17-14-7-5-3-4-6-8-14/h13-14,17H,2-12H2,1H3,(H,18,19). The average molecular weight is 267 g/mol. The number of nitrogens with one attached hydrogen (secondary N) is 1. The van der Waals surface area contributed by atoms with Gasteiger partial charge >= 0.3 is 5.97 Å². The molecule has 0 amide bonds. The minimum absolute atomic E-state index is 0.428. The Kier molecular flexibility index (Phi) is 5.26. The van der Waals surface area contributed by atoms with E-state index in [0.29, 0.717) is 6.04 Å². The summed E-state index contributed by atoms with van der Waals surface area (Å²) in [4.78, 5) is 11.8. The molecule has 3 nitrogen and oxygen atoms in total. The lowest BCUT2D eigenvalue weighted by atomic mass is 9.75. The number of carboxylic acid groups (broad SMARTS) is 1. The molecule has 2 N–H and O–H groups in total. The third-order valence-corrected chi connectivity index (χ3v) is 5.28. The Morgan fingerprint density at radius 2 is 1.68 bits per heavy atom. The summed E-state index contributed by atoms with van der Waals surface area (Å²) in [5.41, 5.74) is -0.624. The summed E-state index contributed by atoms with van der Waals surface area (Å²) in [5.74, 6) is 0.120. The van der Waals surface area contributed by atoms with Gasteiger partial charge in [-0.3, -0.25) is 10.1 Å². The zero-order valence-corrected chi connectivity index (χ0v) is 12.3. The highest BCUT2D eigenvalue weighted by molar-refractivity contribution is 5.79. The van der Waals surface area contributed by atoms with Crippen molar-refractivity contribution in [1.29, 1.82) is 0 Å². The van der Waals surface area contributed by atoms with Crippen molar-refractivity contribution in [3.63, 3.8) is 0 Å². The molecule has 2 rings (SSSR count). The van der Waals surface area contributed by atoms with Gasteiger partial charge in [0.1, 0.15) is 5.54 Å². The molecule has 0 saturated heterocycles. The van der Waals surface area contributed by atoms with Crippen LogP contribution in [0.25, 0.3) is 0 Å². The van der Waals surface area contributed by atoms with Crippen LogP contribution in [-0.4, -0.2) is 22.7 Å². The fourth-order valence-corrected chi connectivity index (χ4v) is 3.81. The van der Waals surface area contributed by atoms with Crippen LogP contribution in [-0.2, 0) is 4.79 Å². The van der Waals surface area contributed by atoms with Crippen LogP contribution in [0.4, 0.5) is 0 Å². The van der Waals surface area contributed by atoms with Crippen LogP contribution in [0.1, 0.15) is 77.6 Å². The third kappa shape index (κ3) is 3.71. The molecule has 110 valence electrons. The van der Waals surface area contributed by atoms with E-state index in [2.05, 4.69) is 12.2 Å². The molecule has 2 aliphatic rings. The van der Waals surface area contributed by atoms with Crippen LogP contribution in [0, 0.1) is 5.92 Å². The lowest BCUT2D eigenvalue weighted by Crippen LogP contribution is -2.57. The maximum Gasteiger partial charge on any atom is 0.323 e. The van der Waals surface area contributed by atoms with E-state index in [9.17, 15) is 9.90 Å². The van der Waals surface area contributed by atoms with E-state index in [4.69, 9.17) is 0 Å². The first-order valence-electron chi connectivity index (χ1n) is 8.17. The number of hydrogen-bond donors (Lipinski definition) is 2. The molecular formula is C16H29NO2. The molecule has 0 bridgehead atoms. The molecule has 0 aromatic carbocycles. The second-order valence-electron chi connectivity index (χ2n) is 6.57. The minimum atomic E-state index is -0.624. The Hall–Kier alpha value is -0.570. The summed E-state index contributed by atoms with van der Waals surface area (Å²) in [5, 5.41) is 13.2. The van der Waals surface area contributed by atoms with Crippen molar-refractivity contribution in [1.82, 2.24) is 5.32 Å². The molecule has 0 unspecified atom stereocenters. The molecule has 0 aromatic rings. The van der Waals surface area contributed by atoms with E-state index < -0.39 is 11.5 Å². The second-order valence-corrected chi connectivity index (χ2v) is 6.57. The average Bonchev–Trinajstić information content (AvgIpc) is 2.68. The summed E-state index contributed by atoms with van der Waals surface area (Å²) < 4.78 is 0. The Balaban J connectivity index is 1.97. The van der Waals surface area contributed by atoms with Gasteiger partial charge in [-0.25, -0.2) is 0 Å². The number of hydrogen-bond acceptors (Lipinski definition) is 2. The summed E-state index contributed by atoms with van der Waals surface area (Å²) in [7, 11) is 0. The van der Waals surface area contributed by atoms with Crippen LogP contribution < -0.4 is 5.32 Å². The zero-order valence-electron chi connectivity index (χ0n) is 12.3. The van der Waals surface area contributed by atoms with Gasteiger partial charge in [-0.1, -0.05) is 39.0 Å². The lowest BCUT2D eigenvalue weighted by molar-refractivity contribution is -0.147. The highest BCUT2D eigenvalue weighted by Gasteiger charge is 2.42. The zero-order chi connectivity index (χ0) is 13.7. The number of carboxylic acids is 1. The highest BCUT2D eigenvalue weighted by Crippen LogP contribution is 2.35. The Bertz CT molecular complexity index is 287. The van der Waals surface area contributed by atoms with Crippen LogP contribution >= 0.6 is 0 Å². The van der Waals surface area contributed by atoms with Crippen molar-refractivity contribution >= 4 is 5.97 Å². The van der Waals surface area contributed by atoms with Crippen LogP contribution in [0.5, 0.6) is 0 Å². The maximum atomic E-state index is 11.8. The van der Waals surface area contributed by atoms with E-state index in [1.165, 1.54) is 32.1 Å². The normalized spacial score (nSPS) is 33.8. The first-order valence-corrected chi connectivity index (χ1v) is 8.17. The molecule has 0 radical (unpaired) electrons. The second kappa shape index (κ2) is 6.74. The first-order chi connectivity index (χ1) is 9.16. The minimum Gasteiger partial charge on any atom is -0.480 e. The van der Waals surface area contributed by atoms with Crippen LogP contribution in [0.15, 0.2) is 0 Å². The molecule has 0 heterocycles. The summed E-state index contributed by atoms with van der Waals surface area (Å²) in [6.07, 6.45) is 12.4. The van der Waals surface area contributed by atoms with E-state index >= 15 is 0 Å². The fraction of sp³-hybridized carbons (Fsp3) is 0.938. The highest BCUT2D eigenvalue weighted by atomic mass is 16.4. The van der Waals surface area contributed by atoms with Gasteiger partial charge in [-0.2, -0.15) is 0 Å². The largest absolute Gasteiger partial charge is 0.480 e. The smallest absolute Gasteiger partial charge is 0.323 e. The molecule has 0 spiro atoms. The van der Waals surface area contributed by atoms with Gasteiger partial charge in [0, 0.05) is 6.04 Å². The molecule has 2 fully saturated rings. The molecule has 2 saturated carbocycles. The SMILES string of the molecule is CCC1CCC(NC2CCCCCC2)(C(=O)O)CC1. The summed E-state index contributed by atoms with van der Waals surface area (Å²) in [6, 6.07) is 0.428. The number of rotatable bonds is 4. The molecule has 0 aliphatic heterocycles. The van der Waals surface area contributed by atoms with Crippen molar-refractivity contribution in [3.8, 4) is 0 Å². The van der Waals surface area contributed by atoms with Crippen LogP contribution in [0.3, 0.4) is 0 Å². The molecule has 0 aromatic heterocycles. The van der Waals surface area contributed by atoms with Gasteiger partial charge in [0.15, 0.2) is 0 Å². The van der Waals surface area contributed by atoms with E-state index in [0.717, 1.165) is 44.4 Å². The molecule has 0 atom stereocenters. The molecular weight excluding hydrogens is 238 g/mol. The van der Waals surface area contributed by atoms with Crippen molar-refractivity contribution < 1.29 is 9.90 Å². The monoisotopic (exact) mass is 267 g/mol. The van der Waals surface area contributed by atoms with Gasteiger partial charge in [-0.15, -0.1) is 0 Å². The van der Waals surface area contributed by atoms with Gasteiger partial charge in [0.25, 0.3) is 0 Å². The molecule has 3 heteroatoms. The third-order valence-electron chi connectivity index (χ3n) is 5.28. The number of aliphatic carboxylic acids is 1. The number of carbonyl (C=O) groups is 1. The predicted octanol–water partition coefficient (Wildman–Crippen LogP) is 3.72. The van der Waals surface area contributed by atoms with Crippen molar-refractivity contribution in [2.75, 3.05) is 0 Å². The predicted molar refractivity (Wildman–Crippen MR) is 77.2 cm³/mol. The van der Waals surface area contributed by atoms with Gasteiger partial charge in [-0.05, 0) is 44.4 Å². The van der Waals surface area contributed by atoms with Gasteiger partial charge < -0.3 is 5.11 Å². The summed E-state index contributed by atoms with van der Waals surface area (Å²) >= 11 is 0. The lowest BCUT2D eigenvalue weighted by Gasteiger charge is -2.40. The first kappa shape index (κ1) is 14.8. The quantitative estimate of drug-likeness (QED) is 0.763. The van der Waals surface area contributed by atoms with Crippen LogP contribution in [0.2, 0.25) is 0 Å². The van der Waals surface area contributed by atoms with E-state index in [-0.39, 0.29) is 0 Å². The van der Waals surface area contributed by atoms with Crippen molar-refractivity contribution in [3.05, 3.63) is 0 Å². The molecule has 2 aliphatic carbocycles. The van der Waals surface area contributed by atoms with E-state index in [1.54, 1.807) is 0 Å². The van der Waals surface area contributed by atoms with Gasteiger partial charge in [0.2, 0.25) is 0 Å². The van der Waals surface area contributed by atoms with E-state index in [1.807, 2.05) is 0 Å². The Morgan fingerprint density at radius 3 is 2.16 bits per heavy atom.